The van der Waals surface area contributed by atoms with Crippen LogP contribution in [0.1, 0.15) is 5.56 Å². The predicted octanol–water partition coefficient (Wildman–Crippen LogP) is 2.90. The Hall–Kier alpha value is -1.02. The second-order valence-electron chi connectivity index (χ2n) is 3.04. The molecule has 1 rings (SSSR count). The lowest BCUT2D eigenvalue weighted by molar-refractivity contribution is 0.609. The molecule has 1 aromatic rings. The third-order valence-electron chi connectivity index (χ3n) is 1.78. The van der Waals surface area contributed by atoms with Gasteiger partial charge in [0.1, 0.15) is 11.0 Å². The van der Waals surface area contributed by atoms with Crippen molar-refractivity contribution in [1.29, 1.82) is 5.26 Å². The van der Waals surface area contributed by atoms with E-state index in [1.54, 1.807) is 24.3 Å². The highest BCUT2D eigenvalue weighted by atomic mass is 35.5. The van der Waals surface area contributed by atoms with E-state index in [0.29, 0.717) is 10.6 Å². The Morgan fingerprint density at radius 2 is 2.06 bits per heavy atom. The Morgan fingerprint density at radius 3 is 2.56 bits per heavy atom. The predicted molar refractivity (Wildman–Crippen MR) is 64.9 cm³/mol. The molecule has 0 spiro atoms. The molecule has 0 aromatic heterocycles. The Bertz CT molecular complexity index is 585. The van der Waals surface area contributed by atoms with Gasteiger partial charge >= 0.3 is 0 Å². The monoisotopic (exact) mass is 275 g/mol. The van der Waals surface area contributed by atoms with Crippen LogP contribution in [0.4, 0.5) is 0 Å². The van der Waals surface area contributed by atoms with E-state index in [4.69, 9.17) is 28.5 Å². The highest BCUT2D eigenvalue weighted by molar-refractivity contribution is 7.95. The lowest BCUT2D eigenvalue weighted by Crippen LogP contribution is -1.98. The number of rotatable bonds is 2. The average molecular weight is 276 g/mol. The zero-order valence-corrected chi connectivity index (χ0v) is 10.6. The second kappa shape index (κ2) is 4.88. The van der Waals surface area contributed by atoms with Crippen molar-refractivity contribution in [1.82, 2.24) is 0 Å². The minimum Gasteiger partial charge on any atom is -0.223 e. The molecule has 0 atom stereocenters. The first-order valence-corrected chi connectivity index (χ1v) is 6.77. The van der Waals surface area contributed by atoms with Gasteiger partial charge in [0.25, 0.3) is 0 Å². The van der Waals surface area contributed by atoms with Crippen molar-refractivity contribution in [2.75, 3.05) is 6.26 Å². The summed E-state index contributed by atoms with van der Waals surface area (Å²) in [5, 5.41) is 9.24. The van der Waals surface area contributed by atoms with Crippen molar-refractivity contribution in [2.45, 2.75) is 0 Å². The first-order chi connectivity index (χ1) is 7.36. The lowest BCUT2D eigenvalue weighted by atomic mass is 10.2. The quantitative estimate of drug-likeness (QED) is 0.780. The van der Waals surface area contributed by atoms with Gasteiger partial charge in [-0.25, -0.2) is 8.42 Å². The molecule has 0 fully saturated rings. The molecule has 84 valence electrons. The fourth-order valence-electron chi connectivity index (χ4n) is 0.995. The Labute approximate surface area is 104 Å². The van der Waals surface area contributed by atoms with E-state index < -0.39 is 9.84 Å². The van der Waals surface area contributed by atoms with Gasteiger partial charge in [0.15, 0.2) is 9.84 Å². The van der Waals surface area contributed by atoms with Crippen molar-refractivity contribution in [3.63, 3.8) is 0 Å². The van der Waals surface area contributed by atoms with Crippen molar-refractivity contribution in [2.24, 2.45) is 0 Å². The summed E-state index contributed by atoms with van der Waals surface area (Å²) < 4.78 is 22.4. The normalized spacial score (nSPS) is 12.2. The Morgan fingerprint density at radius 1 is 1.44 bits per heavy atom. The van der Waals surface area contributed by atoms with Crippen LogP contribution in [0, 0.1) is 11.3 Å². The maximum Gasteiger partial charge on any atom is 0.185 e. The van der Waals surface area contributed by atoms with E-state index >= 15 is 0 Å². The first kappa shape index (κ1) is 13.0. The zero-order chi connectivity index (χ0) is 12.3. The van der Waals surface area contributed by atoms with Gasteiger partial charge in [0.05, 0.1) is 10.0 Å². The summed E-state index contributed by atoms with van der Waals surface area (Å²) in [4.78, 5) is -0.350. The summed E-state index contributed by atoms with van der Waals surface area (Å²) in [7, 11) is -3.54. The third-order valence-corrected chi connectivity index (χ3v) is 3.62. The molecule has 1 aromatic carbocycles. The van der Waals surface area contributed by atoms with Gasteiger partial charge in [-0.15, -0.1) is 0 Å². The number of nitriles is 1. The Kier molecular flexibility index (Phi) is 3.98. The van der Waals surface area contributed by atoms with E-state index in [9.17, 15) is 8.42 Å². The van der Waals surface area contributed by atoms with E-state index in [1.165, 1.54) is 6.08 Å². The van der Waals surface area contributed by atoms with Crippen LogP contribution < -0.4 is 0 Å². The van der Waals surface area contributed by atoms with Crippen molar-refractivity contribution >= 4 is 39.1 Å². The average Bonchev–Trinajstić information content (AvgIpc) is 2.18. The molecule has 0 saturated heterocycles. The minimum atomic E-state index is -3.54. The number of allylic oxidation sites excluding steroid dienone is 1. The van der Waals surface area contributed by atoms with E-state index in [0.717, 1.165) is 6.26 Å². The second-order valence-corrected chi connectivity index (χ2v) is 5.80. The number of sulfone groups is 1. The first-order valence-electron chi connectivity index (χ1n) is 4.12. The molecular formula is C10H7Cl2NO2S. The zero-order valence-electron chi connectivity index (χ0n) is 8.24. The molecule has 0 N–H and O–H groups in total. The topological polar surface area (TPSA) is 57.9 Å². The maximum absolute atomic E-state index is 11.2. The molecule has 0 radical (unpaired) electrons. The number of halogens is 2. The van der Waals surface area contributed by atoms with Gasteiger partial charge in [-0.05, 0) is 17.7 Å². The number of nitrogens with zero attached hydrogens (tertiary/aromatic N) is 1. The highest BCUT2D eigenvalue weighted by Gasteiger charge is 2.12. The summed E-state index contributed by atoms with van der Waals surface area (Å²) in [5.41, 5.74) is 0.399. The molecule has 3 nitrogen and oxygen atoms in total. The van der Waals surface area contributed by atoms with Gasteiger partial charge in [-0.1, -0.05) is 35.3 Å². The molecule has 0 saturated carbocycles. The SMILES string of the molecule is CS(=O)(=O)/C(C#N)=C\c1cccc(Cl)c1Cl. The van der Waals surface area contributed by atoms with Crippen LogP contribution in [-0.4, -0.2) is 14.7 Å². The summed E-state index contributed by atoms with van der Waals surface area (Å²) in [6.45, 7) is 0. The number of benzene rings is 1. The maximum atomic E-state index is 11.2. The molecule has 0 aliphatic heterocycles. The molecule has 6 heteroatoms. The molecule has 0 amide bonds. The molecule has 0 bridgehead atoms. The summed E-state index contributed by atoms with van der Waals surface area (Å²) in [5.74, 6) is 0. The summed E-state index contributed by atoms with van der Waals surface area (Å²) >= 11 is 11.6. The molecule has 0 heterocycles. The fraction of sp³-hybridized carbons (Fsp3) is 0.100. The van der Waals surface area contributed by atoms with Gasteiger partial charge in [-0.2, -0.15) is 5.26 Å². The smallest absolute Gasteiger partial charge is 0.185 e. The van der Waals surface area contributed by atoms with Gasteiger partial charge < -0.3 is 0 Å². The number of hydrogen-bond donors (Lipinski definition) is 0. The van der Waals surface area contributed by atoms with Crippen LogP contribution in [0.5, 0.6) is 0 Å². The van der Waals surface area contributed by atoms with E-state index in [1.807, 2.05) is 0 Å². The van der Waals surface area contributed by atoms with Crippen LogP contribution in [0.15, 0.2) is 23.1 Å². The highest BCUT2D eigenvalue weighted by Crippen LogP contribution is 2.27. The van der Waals surface area contributed by atoms with Crippen molar-refractivity contribution in [3.8, 4) is 6.07 Å². The minimum absolute atomic E-state index is 0.223. The van der Waals surface area contributed by atoms with Crippen LogP contribution in [0.3, 0.4) is 0 Å². The largest absolute Gasteiger partial charge is 0.223 e. The molecule has 16 heavy (non-hydrogen) atoms. The van der Waals surface area contributed by atoms with Crippen LogP contribution in [-0.2, 0) is 9.84 Å². The Balaban J connectivity index is 3.38. The van der Waals surface area contributed by atoms with Crippen molar-refractivity contribution < 1.29 is 8.42 Å². The number of hydrogen-bond acceptors (Lipinski definition) is 3. The van der Waals surface area contributed by atoms with Crippen molar-refractivity contribution in [3.05, 3.63) is 38.7 Å². The fourth-order valence-corrected chi connectivity index (χ4v) is 1.86. The summed E-state index contributed by atoms with van der Waals surface area (Å²) in [6, 6.07) is 6.39. The van der Waals surface area contributed by atoms with Crippen LogP contribution in [0.25, 0.3) is 6.08 Å². The van der Waals surface area contributed by atoms with E-state index in [-0.39, 0.29) is 9.93 Å². The van der Waals surface area contributed by atoms with Gasteiger partial charge in [0.2, 0.25) is 0 Å². The van der Waals surface area contributed by atoms with E-state index in [2.05, 4.69) is 0 Å². The molecular weight excluding hydrogens is 269 g/mol. The molecule has 0 unspecified atom stereocenters. The standard InChI is InChI=1S/C10H7Cl2NO2S/c1-16(14,15)8(6-13)5-7-3-2-4-9(11)10(7)12/h2-5H,1H3/b8-5-. The lowest BCUT2D eigenvalue weighted by Gasteiger charge is -2.01. The molecule has 0 aliphatic carbocycles. The van der Waals surface area contributed by atoms with Gasteiger partial charge in [-0.3, -0.25) is 0 Å². The van der Waals surface area contributed by atoms with Gasteiger partial charge in [0, 0.05) is 6.26 Å². The third kappa shape index (κ3) is 2.99. The van der Waals surface area contributed by atoms with Crippen LogP contribution >= 0.6 is 23.2 Å². The molecule has 0 aliphatic rings. The summed E-state index contributed by atoms with van der Waals surface area (Å²) in [6.07, 6.45) is 2.16. The van der Waals surface area contributed by atoms with Crippen LogP contribution in [0.2, 0.25) is 10.0 Å².